The molecule has 204 valence electrons. The summed E-state index contributed by atoms with van der Waals surface area (Å²) in [6, 6.07) is 7.86. The zero-order valence-corrected chi connectivity index (χ0v) is 22.6. The maximum absolute atomic E-state index is 14.4. The molecular weight excluding hydrogens is 500 g/mol. The largest absolute Gasteiger partial charge is 0.346 e. The maximum atomic E-state index is 14.4. The normalized spacial score (nSPS) is 19.1. The Morgan fingerprint density at radius 2 is 1.87 bits per heavy atom. The SMILES string of the molecule is CC(=O)N1Cc2cc(C3CCN(C)C(=O)C3)cc(N3CCCc4cc(-c5cnn(C)c5)c(C(F)F)cc43)c2C1. The average Bonchev–Trinajstić information content (AvgIpc) is 3.55. The third kappa shape index (κ3) is 4.57. The summed E-state index contributed by atoms with van der Waals surface area (Å²) in [5.74, 6) is 0.234. The van der Waals surface area contributed by atoms with E-state index < -0.39 is 6.43 Å². The van der Waals surface area contributed by atoms with Crippen molar-refractivity contribution in [2.75, 3.05) is 25.0 Å². The summed E-state index contributed by atoms with van der Waals surface area (Å²) in [6.07, 6.45) is 3.77. The molecule has 9 heteroatoms. The molecule has 3 aliphatic rings. The molecule has 1 saturated heterocycles. The topological polar surface area (TPSA) is 61.7 Å². The van der Waals surface area contributed by atoms with Crippen LogP contribution >= 0.6 is 0 Å². The predicted octanol–water partition coefficient (Wildman–Crippen LogP) is 5.31. The number of rotatable bonds is 4. The molecule has 0 N–H and O–H groups in total. The van der Waals surface area contributed by atoms with Crippen molar-refractivity contribution in [2.45, 2.75) is 58.0 Å². The lowest BCUT2D eigenvalue weighted by molar-refractivity contribution is -0.132. The number of anilines is 2. The Morgan fingerprint density at radius 1 is 1.05 bits per heavy atom. The average molecular weight is 534 g/mol. The third-order valence-corrected chi connectivity index (χ3v) is 8.54. The number of nitrogens with zero attached hydrogens (tertiary/aromatic N) is 5. The Bertz CT molecular complexity index is 1470. The highest BCUT2D eigenvalue weighted by Crippen LogP contribution is 2.45. The Morgan fingerprint density at radius 3 is 2.56 bits per heavy atom. The second-order valence-corrected chi connectivity index (χ2v) is 11.1. The highest BCUT2D eigenvalue weighted by atomic mass is 19.3. The summed E-state index contributed by atoms with van der Waals surface area (Å²) in [7, 11) is 3.62. The van der Waals surface area contributed by atoms with E-state index in [4.69, 9.17) is 0 Å². The number of alkyl halides is 2. The van der Waals surface area contributed by atoms with Gasteiger partial charge < -0.3 is 14.7 Å². The summed E-state index contributed by atoms with van der Waals surface area (Å²) in [6.45, 7) is 4.00. The third-order valence-electron chi connectivity index (χ3n) is 8.54. The van der Waals surface area contributed by atoms with Gasteiger partial charge in [0.15, 0.2) is 0 Å². The molecule has 4 heterocycles. The fourth-order valence-electron chi connectivity index (χ4n) is 6.33. The zero-order chi connectivity index (χ0) is 27.4. The first-order chi connectivity index (χ1) is 18.7. The van der Waals surface area contributed by atoms with Crippen LogP contribution in [0.5, 0.6) is 0 Å². The molecule has 3 aliphatic heterocycles. The number of halogens is 2. The number of piperidine rings is 1. The van der Waals surface area contributed by atoms with Crippen LogP contribution in [-0.4, -0.2) is 51.5 Å². The first-order valence-electron chi connectivity index (χ1n) is 13.6. The molecule has 1 atom stereocenters. The lowest BCUT2D eigenvalue weighted by atomic mass is 9.86. The van der Waals surface area contributed by atoms with Crippen molar-refractivity contribution in [1.82, 2.24) is 19.6 Å². The van der Waals surface area contributed by atoms with Gasteiger partial charge in [-0.3, -0.25) is 14.3 Å². The number of carbonyl (C=O) groups is 2. The van der Waals surface area contributed by atoms with E-state index in [1.54, 1.807) is 42.0 Å². The van der Waals surface area contributed by atoms with E-state index in [1.165, 1.54) is 0 Å². The van der Waals surface area contributed by atoms with Crippen LogP contribution in [0.15, 0.2) is 36.7 Å². The van der Waals surface area contributed by atoms with E-state index in [0.29, 0.717) is 43.7 Å². The van der Waals surface area contributed by atoms with Crippen molar-refractivity contribution in [1.29, 1.82) is 0 Å². The van der Waals surface area contributed by atoms with Gasteiger partial charge in [-0.25, -0.2) is 8.78 Å². The first-order valence-corrected chi connectivity index (χ1v) is 13.6. The van der Waals surface area contributed by atoms with Crippen LogP contribution in [0.3, 0.4) is 0 Å². The van der Waals surface area contributed by atoms with Crippen LogP contribution in [0.1, 0.15) is 66.3 Å². The number of fused-ring (bicyclic) bond motifs is 2. The monoisotopic (exact) mass is 533 g/mol. The number of aromatic nitrogens is 2. The molecule has 0 radical (unpaired) electrons. The molecule has 2 aromatic carbocycles. The molecule has 2 amide bonds. The highest BCUT2D eigenvalue weighted by Gasteiger charge is 2.32. The number of hydrogen-bond donors (Lipinski definition) is 0. The molecule has 0 bridgehead atoms. The number of carbonyl (C=O) groups excluding carboxylic acids is 2. The minimum atomic E-state index is -2.63. The molecule has 1 unspecified atom stereocenters. The van der Waals surface area contributed by atoms with Crippen LogP contribution in [0.2, 0.25) is 0 Å². The summed E-state index contributed by atoms with van der Waals surface area (Å²) in [4.78, 5) is 30.6. The molecule has 39 heavy (non-hydrogen) atoms. The lowest BCUT2D eigenvalue weighted by Gasteiger charge is -2.35. The summed E-state index contributed by atoms with van der Waals surface area (Å²) >= 11 is 0. The quantitative estimate of drug-likeness (QED) is 0.456. The standard InChI is InChI=1S/C30H33F2N5O2/c1-18(38)36-16-22-9-21(19-6-8-34(2)29(39)12-19)11-28(26(22)17-36)37-7-4-5-20-10-24(23-14-33-35(3)15-23)25(30(31)32)13-27(20)37/h9-11,13-15,19,30H,4-8,12,16-17H2,1-3H3. The van der Waals surface area contributed by atoms with E-state index in [0.717, 1.165) is 52.9 Å². The van der Waals surface area contributed by atoms with Gasteiger partial charge in [-0.2, -0.15) is 5.10 Å². The van der Waals surface area contributed by atoms with Gasteiger partial charge in [-0.1, -0.05) is 6.07 Å². The second kappa shape index (κ2) is 9.77. The minimum Gasteiger partial charge on any atom is -0.346 e. The van der Waals surface area contributed by atoms with Gasteiger partial charge in [0.05, 0.1) is 6.20 Å². The highest BCUT2D eigenvalue weighted by molar-refractivity contribution is 5.81. The van der Waals surface area contributed by atoms with Crippen LogP contribution in [0.4, 0.5) is 20.2 Å². The molecule has 6 rings (SSSR count). The van der Waals surface area contributed by atoms with Crippen molar-refractivity contribution in [3.63, 3.8) is 0 Å². The van der Waals surface area contributed by atoms with Crippen molar-refractivity contribution in [2.24, 2.45) is 7.05 Å². The van der Waals surface area contributed by atoms with Crippen molar-refractivity contribution >= 4 is 23.2 Å². The van der Waals surface area contributed by atoms with Crippen molar-refractivity contribution in [3.8, 4) is 11.1 Å². The van der Waals surface area contributed by atoms with Gasteiger partial charge in [0, 0.05) is 87.9 Å². The molecular formula is C30H33F2N5O2. The number of likely N-dealkylation sites (tertiary alicyclic amines) is 1. The molecule has 1 aromatic heterocycles. The molecule has 0 saturated carbocycles. The summed E-state index contributed by atoms with van der Waals surface area (Å²) < 4.78 is 30.5. The van der Waals surface area contributed by atoms with Crippen LogP contribution in [-0.2, 0) is 36.1 Å². The number of benzene rings is 2. The Hall–Kier alpha value is -3.75. The fourth-order valence-corrected chi connectivity index (χ4v) is 6.33. The van der Waals surface area contributed by atoms with Crippen molar-refractivity contribution < 1.29 is 18.4 Å². The van der Waals surface area contributed by atoms with Gasteiger partial charge in [0.1, 0.15) is 0 Å². The van der Waals surface area contributed by atoms with E-state index >= 15 is 0 Å². The van der Waals surface area contributed by atoms with Gasteiger partial charge in [0.2, 0.25) is 11.8 Å². The molecule has 0 aliphatic carbocycles. The van der Waals surface area contributed by atoms with Gasteiger partial charge in [-0.05, 0) is 65.6 Å². The Kier molecular flexibility index (Phi) is 6.40. The van der Waals surface area contributed by atoms with Gasteiger partial charge in [-0.15, -0.1) is 0 Å². The van der Waals surface area contributed by atoms with Crippen molar-refractivity contribution in [3.05, 3.63) is 64.5 Å². The lowest BCUT2D eigenvalue weighted by Crippen LogP contribution is -2.35. The predicted molar refractivity (Wildman–Crippen MR) is 145 cm³/mol. The van der Waals surface area contributed by atoms with E-state index in [1.807, 2.05) is 18.0 Å². The van der Waals surface area contributed by atoms with Gasteiger partial charge >= 0.3 is 0 Å². The Balaban J connectivity index is 1.47. The van der Waals surface area contributed by atoms with E-state index in [9.17, 15) is 18.4 Å². The number of hydrogen-bond acceptors (Lipinski definition) is 4. The summed E-state index contributed by atoms with van der Waals surface area (Å²) in [5, 5.41) is 4.19. The fraction of sp³-hybridized carbons (Fsp3) is 0.433. The molecule has 1 fully saturated rings. The zero-order valence-electron chi connectivity index (χ0n) is 22.6. The van der Waals surface area contributed by atoms with E-state index in [2.05, 4.69) is 22.1 Å². The first kappa shape index (κ1) is 25.5. The minimum absolute atomic E-state index is 0.00673. The van der Waals surface area contributed by atoms with Crippen LogP contribution in [0, 0.1) is 0 Å². The number of aryl methyl sites for hydroxylation is 2. The summed E-state index contributed by atoms with van der Waals surface area (Å²) in [5.41, 5.74) is 7.21. The van der Waals surface area contributed by atoms with Gasteiger partial charge in [0.25, 0.3) is 6.43 Å². The maximum Gasteiger partial charge on any atom is 0.264 e. The molecule has 7 nitrogen and oxygen atoms in total. The second-order valence-electron chi connectivity index (χ2n) is 11.1. The number of amides is 2. The molecule has 3 aromatic rings. The Labute approximate surface area is 227 Å². The van der Waals surface area contributed by atoms with Crippen LogP contribution in [0.25, 0.3) is 11.1 Å². The van der Waals surface area contributed by atoms with Crippen LogP contribution < -0.4 is 4.90 Å². The smallest absolute Gasteiger partial charge is 0.264 e. The molecule has 0 spiro atoms. The van der Waals surface area contributed by atoms with E-state index in [-0.39, 0.29) is 23.3 Å².